The Morgan fingerprint density at radius 3 is 2.54 bits per heavy atom. The van der Waals surface area contributed by atoms with E-state index in [1.807, 2.05) is 0 Å². The average Bonchev–Trinajstić information content (AvgIpc) is 2.96. The van der Waals surface area contributed by atoms with Crippen molar-refractivity contribution in [3.8, 4) is 5.75 Å². The summed E-state index contributed by atoms with van der Waals surface area (Å²) in [6, 6.07) is 11.2. The van der Waals surface area contributed by atoms with Crippen LogP contribution in [0.2, 0.25) is 10.0 Å². The lowest BCUT2D eigenvalue weighted by atomic mass is 10.2. The van der Waals surface area contributed by atoms with E-state index in [0.717, 1.165) is 5.69 Å². The van der Waals surface area contributed by atoms with E-state index >= 15 is 0 Å². The molecule has 136 valence electrons. The van der Waals surface area contributed by atoms with E-state index in [1.165, 1.54) is 7.11 Å². The van der Waals surface area contributed by atoms with Crippen molar-refractivity contribution in [2.45, 2.75) is 12.5 Å². The Morgan fingerprint density at radius 1 is 1.15 bits per heavy atom. The molecule has 0 saturated carbocycles. The molecule has 1 fully saturated rings. The second-order valence-corrected chi connectivity index (χ2v) is 6.70. The number of rotatable bonds is 4. The molecule has 1 heterocycles. The molecule has 2 N–H and O–H groups in total. The number of benzene rings is 2. The molecule has 0 bridgehead atoms. The van der Waals surface area contributed by atoms with Gasteiger partial charge in [0.2, 0.25) is 5.91 Å². The van der Waals surface area contributed by atoms with Gasteiger partial charge < -0.3 is 20.3 Å². The lowest BCUT2D eigenvalue weighted by Gasteiger charge is -2.18. The molecular formula is C18H17Cl2N3O3. The number of anilines is 2. The first-order valence-corrected chi connectivity index (χ1v) is 8.69. The summed E-state index contributed by atoms with van der Waals surface area (Å²) in [5.41, 5.74) is 1.21. The van der Waals surface area contributed by atoms with Crippen LogP contribution in [0.5, 0.6) is 5.75 Å². The standard InChI is InChI=1S/C18H17Cl2N3O3/c1-26-16-7-4-12(20)8-15(16)22-18(25)21-13-9-17(24)23(10-13)14-5-2-11(19)3-6-14/h2-8,13H,9-10H2,1H3,(H2,21,22,25)/t13-/m0/s1. The molecule has 0 radical (unpaired) electrons. The van der Waals surface area contributed by atoms with Crippen LogP contribution in [0.1, 0.15) is 6.42 Å². The molecule has 1 saturated heterocycles. The molecule has 0 spiro atoms. The number of carbonyl (C=O) groups excluding carboxylic acids is 2. The second kappa shape index (κ2) is 7.85. The Hall–Kier alpha value is -2.44. The molecule has 1 aliphatic heterocycles. The monoisotopic (exact) mass is 393 g/mol. The maximum Gasteiger partial charge on any atom is 0.319 e. The molecule has 2 aromatic rings. The van der Waals surface area contributed by atoms with Gasteiger partial charge in [-0.1, -0.05) is 23.2 Å². The van der Waals surface area contributed by atoms with Gasteiger partial charge in [-0.2, -0.15) is 0 Å². The minimum Gasteiger partial charge on any atom is -0.495 e. The zero-order valence-corrected chi connectivity index (χ0v) is 15.5. The van der Waals surface area contributed by atoms with Crippen molar-refractivity contribution in [3.63, 3.8) is 0 Å². The highest BCUT2D eigenvalue weighted by Gasteiger charge is 2.31. The van der Waals surface area contributed by atoms with Crippen LogP contribution in [0.3, 0.4) is 0 Å². The van der Waals surface area contributed by atoms with Crippen LogP contribution in [-0.4, -0.2) is 31.6 Å². The van der Waals surface area contributed by atoms with Crippen LogP contribution < -0.4 is 20.3 Å². The van der Waals surface area contributed by atoms with Gasteiger partial charge in [-0.25, -0.2) is 4.79 Å². The first-order chi connectivity index (χ1) is 12.5. The molecular weight excluding hydrogens is 377 g/mol. The van der Waals surface area contributed by atoms with E-state index < -0.39 is 6.03 Å². The van der Waals surface area contributed by atoms with Crippen LogP contribution in [-0.2, 0) is 4.79 Å². The molecule has 6 nitrogen and oxygen atoms in total. The van der Waals surface area contributed by atoms with Crippen LogP contribution in [0.25, 0.3) is 0 Å². The minimum absolute atomic E-state index is 0.0574. The molecule has 1 atom stereocenters. The number of urea groups is 1. The summed E-state index contributed by atoms with van der Waals surface area (Å²) in [6.45, 7) is 0.389. The smallest absolute Gasteiger partial charge is 0.319 e. The first kappa shape index (κ1) is 18.4. The normalized spacial score (nSPS) is 16.5. The van der Waals surface area contributed by atoms with Crippen molar-refractivity contribution in [3.05, 3.63) is 52.5 Å². The molecule has 3 amide bonds. The molecule has 8 heteroatoms. The number of hydrogen-bond donors (Lipinski definition) is 2. The number of halogens is 2. The van der Waals surface area contributed by atoms with Crippen LogP contribution in [0, 0.1) is 0 Å². The zero-order chi connectivity index (χ0) is 18.7. The van der Waals surface area contributed by atoms with Gasteiger partial charge in [0, 0.05) is 28.7 Å². The highest BCUT2D eigenvalue weighted by Crippen LogP contribution is 2.28. The zero-order valence-electron chi connectivity index (χ0n) is 14.0. The lowest BCUT2D eigenvalue weighted by Crippen LogP contribution is -2.39. The number of nitrogens with zero attached hydrogens (tertiary/aromatic N) is 1. The fourth-order valence-electron chi connectivity index (χ4n) is 2.80. The molecule has 0 aromatic heterocycles. The van der Waals surface area contributed by atoms with Gasteiger partial charge in [0.25, 0.3) is 0 Å². The molecule has 2 aromatic carbocycles. The Labute approximate surface area is 161 Å². The van der Waals surface area contributed by atoms with E-state index in [0.29, 0.717) is 28.0 Å². The quantitative estimate of drug-likeness (QED) is 0.826. The van der Waals surface area contributed by atoms with Gasteiger partial charge in [-0.15, -0.1) is 0 Å². The summed E-state index contributed by atoms with van der Waals surface area (Å²) in [5.74, 6) is 0.438. The topological polar surface area (TPSA) is 70.7 Å². The highest BCUT2D eigenvalue weighted by molar-refractivity contribution is 6.31. The number of carbonyl (C=O) groups is 2. The Kier molecular flexibility index (Phi) is 5.54. The molecule has 0 unspecified atom stereocenters. The Balaban J connectivity index is 1.63. The maximum atomic E-state index is 12.3. The van der Waals surface area contributed by atoms with Crippen LogP contribution in [0.4, 0.5) is 16.2 Å². The number of nitrogens with one attached hydrogen (secondary N) is 2. The summed E-state index contributed by atoms with van der Waals surface area (Å²) in [4.78, 5) is 26.1. The Morgan fingerprint density at radius 2 is 1.85 bits per heavy atom. The SMILES string of the molecule is COc1ccc(Cl)cc1NC(=O)N[C@H]1CC(=O)N(c2ccc(Cl)cc2)C1. The summed E-state index contributed by atoms with van der Waals surface area (Å²) in [6.07, 6.45) is 0.225. The van der Waals surface area contributed by atoms with E-state index in [9.17, 15) is 9.59 Å². The van der Waals surface area contributed by atoms with Gasteiger partial charge in [-0.05, 0) is 42.5 Å². The predicted molar refractivity (Wildman–Crippen MR) is 102 cm³/mol. The van der Waals surface area contributed by atoms with Crippen molar-refractivity contribution in [2.75, 3.05) is 23.9 Å². The number of methoxy groups -OCH3 is 1. The number of amides is 3. The third-order valence-electron chi connectivity index (χ3n) is 4.01. The highest BCUT2D eigenvalue weighted by atomic mass is 35.5. The van der Waals surface area contributed by atoms with Gasteiger partial charge in [0.15, 0.2) is 0 Å². The lowest BCUT2D eigenvalue weighted by molar-refractivity contribution is -0.117. The summed E-state index contributed by atoms with van der Waals surface area (Å²) in [7, 11) is 1.51. The first-order valence-electron chi connectivity index (χ1n) is 7.93. The third-order valence-corrected chi connectivity index (χ3v) is 4.50. The van der Waals surface area contributed by atoms with E-state index in [1.54, 1.807) is 47.4 Å². The predicted octanol–water partition coefficient (Wildman–Crippen LogP) is 3.93. The van der Waals surface area contributed by atoms with Crippen molar-refractivity contribution >= 4 is 46.5 Å². The molecule has 1 aliphatic rings. The molecule has 26 heavy (non-hydrogen) atoms. The molecule has 3 rings (SSSR count). The van der Waals surface area contributed by atoms with Crippen LogP contribution in [0.15, 0.2) is 42.5 Å². The van der Waals surface area contributed by atoms with E-state index in [2.05, 4.69) is 10.6 Å². The number of ether oxygens (including phenoxy) is 1. The van der Waals surface area contributed by atoms with E-state index in [-0.39, 0.29) is 18.4 Å². The fraction of sp³-hybridized carbons (Fsp3) is 0.222. The number of hydrogen-bond acceptors (Lipinski definition) is 3. The second-order valence-electron chi connectivity index (χ2n) is 5.82. The van der Waals surface area contributed by atoms with Gasteiger partial charge in [0.05, 0.1) is 18.8 Å². The summed E-state index contributed by atoms with van der Waals surface area (Å²) < 4.78 is 5.20. The van der Waals surface area contributed by atoms with Crippen LogP contribution >= 0.6 is 23.2 Å². The summed E-state index contributed by atoms with van der Waals surface area (Å²) in [5, 5.41) is 6.58. The molecule has 0 aliphatic carbocycles. The average molecular weight is 394 g/mol. The largest absolute Gasteiger partial charge is 0.495 e. The Bertz CT molecular complexity index is 827. The van der Waals surface area contributed by atoms with Gasteiger partial charge in [-0.3, -0.25) is 4.79 Å². The van der Waals surface area contributed by atoms with Crippen molar-refractivity contribution in [2.24, 2.45) is 0 Å². The third kappa shape index (κ3) is 4.20. The fourth-order valence-corrected chi connectivity index (χ4v) is 3.09. The van der Waals surface area contributed by atoms with E-state index in [4.69, 9.17) is 27.9 Å². The van der Waals surface area contributed by atoms with Crippen molar-refractivity contribution in [1.82, 2.24) is 5.32 Å². The maximum absolute atomic E-state index is 12.3. The van der Waals surface area contributed by atoms with Crippen molar-refractivity contribution < 1.29 is 14.3 Å². The van der Waals surface area contributed by atoms with Gasteiger partial charge in [0.1, 0.15) is 5.75 Å². The summed E-state index contributed by atoms with van der Waals surface area (Å²) >= 11 is 11.8. The van der Waals surface area contributed by atoms with Crippen molar-refractivity contribution in [1.29, 1.82) is 0 Å². The van der Waals surface area contributed by atoms with Gasteiger partial charge >= 0.3 is 6.03 Å². The minimum atomic E-state index is -0.429.